The van der Waals surface area contributed by atoms with E-state index in [0.29, 0.717) is 11.6 Å². The van der Waals surface area contributed by atoms with Gasteiger partial charge in [0.05, 0.1) is 6.04 Å². The van der Waals surface area contributed by atoms with Crippen LogP contribution in [0.2, 0.25) is 0 Å². The molecule has 0 spiro atoms. The predicted octanol–water partition coefficient (Wildman–Crippen LogP) is 4.08. The quantitative estimate of drug-likeness (QED) is 0.841. The molecule has 0 saturated heterocycles. The van der Waals surface area contributed by atoms with Gasteiger partial charge in [0, 0.05) is 18.2 Å². The number of nitrogens with one attached hydrogen (secondary N) is 2. The summed E-state index contributed by atoms with van der Waals surface area (Å²) in [4.78, 5) is 12.5. The number of hydrogen-bond acceptors (Lipinski definition) is 2. The van der Waals surface area contributed by atoms with E-state index in [-0.39, 0.29) is 11.9 Å². The first-order valence-corrected chi connectivity index (χ1v) is 8.97. The molecule has 0 bridgehead atoms. The van der Waals surface area contributed by atoms with Gasteiger partial charge < -0.3 is 10.6 Å². The molecule has 1 aliphatic rings. The van der Waals surface area contributed by atoms with E-state index in [0.717, 1.165) is 12.1 Å². The average Bonchev–Trinajstić information content (AvgIpc) is 2.67. The molecule has 126 valence electrons. The molecule has 3 heteroatoms. The van der Waals surface area contributed by atoms with Gasteiger partial charge in [-0.15, -0.1) is 0 Å². The molecular formula is C21H26N2O. The third-order valence-corrected chi connectivity index (χ3v) is 4.76. The van der Waals surface area contributed by atoms with E-state index in [1.165, 1.54) is 32.1 Å². The van der Waals surface area contributed by atoms with Crippen LogP contribution in [-0.4, -0.2) is 18.5 Å². The summed E-state index contributed by atoms with van der Waals surface area (Å²) in [7, 11) is 0. The van der Waals surface area contributed by atoms with Crippen LogP contribution < -0.4 is 10.6 Å². The van der Waals surface area contributed by atoms with Crippen LogP contribution in [0.25, 0.3) is 0 Å². The summed E-state index contributed by atoms with van der Waals surface area (Å²) in [5, 5.41) is 6.85. The Morgan fingerprint density at radius 3 is 2.21 bits per heavy atom. The zero-order valence-corrected chi connectivity index (χ0v) is 14.1. The van der Waals surface area contributed by atoms with Crippen molar-refractivity contribution in [3.05, 3.63) is 71.8 Å². The molecule has 2 aromatic carbocycles. The van der Waals surface area contributed by atoms with Crippen LogP contribution in [-0.2, 0) is 0 Å². The lowest BCUT2D eigenvalue weighted by Crippen LogP contribution is -2.40. The van der Waals surface area contributed by atoms with Gasteiger partial charge in [-0.3, -0.25) is 4.79 Å². The number of carbonyl (C=O) groups is 1. The second-order valence-electron chi connectivity index (χ2n) is 6.55. The minimum absolute atomic E-state index is 0.0131. The van der Waals surface area contributed by atoms with Crippen molar-refractivity contribution >= 4 is 5.91 Å². The molecule has 1 fully saturated rings. The maximum Gasteiger partial charge on any atom is 0.251 e. The lowest BCUT2D eigenvalue weighted by molar-refractivity contribution is 0.0935. The summed E-state index contributed by atoms with van der Waals surface area (Å²) >= 11 is 0. The molecule has 0 aromatic heterocycles. The first-order valence-electron chi connectivity index (χ1n) is 8.97. The second-order valence-corrected chi connectivity index (χ2v) is 6.55. The van der Waals surface area contributed by atoms with E-state index in [2.05, 4.69) is 22.8 Å². The van der Waals surface area contributed by atoms with Crippen molar-refractivity contribution in [3.63, 3.8) is 0 Å². The van der Waals surface area contributed by atoms with E-state index in [1.54, 1.807) is 0 Å². The van der Waals surface area contributed by atoms with Crippen molar-refractivity contribution in [2.45, 2.75) is 44.2 Å². The lowest BCUT2D eigenvalue weighted by Gasteiger charge is -2.26. The van der Waals surface area contributed by atoms with Crippen LogP contribution in [0.1, 0.15) is 54.1 Å². The van der Waals surface area contributed by atoms with Crippen molar-refractivity contribution in [2.75, 3.05) is 6.54 Å². The molecule has 1 saturated carbocycles. The Kier molecular flexibility index (Phi) is 6.02. The largest absolute Gasteiger partial charge is 0.344 e. The van der Waals surface area contributed by atoms with Crippen molar-refractivity contribution in [3.8, 4) is 0 Å². The van der Waals surface area contributed by atoms with Gasteiger partial charge in [0.15, 0.2) is 0 Å². The van der Waals surface area contributed by atoms with Gasteiger partial charge in [-0.25, -0.2) is 0 Å². The highest BCUT2D eigenvalue weighted by Gasteiger charge is 2.18. The molecule has 0 heterocycles. The van der Waals surface area contributed by atoms with Crippen LogP contribution in [0.5, 0.6) is 0 Å². The van der Waals surface area contributed by atoms with Crippen molar-refractivity contribution in [1.29, 1.82) is 0 Å². The van der Waals surface area contributed by atoms with Gasteiger partial charge in [-0.1, -0.05) is 67.8 Å². The highest BCUT2D eigenvalue weighted by Crippen LogP contribution is 2.19. The molecule has 0 aliphatic heterocycles. The number of benzene rings is 2. The van der Waals surface area contributed by atoms with Crippen LogP contribution in [0.3, 0.4) is 0 Å². The molecule has 24 heavy (non-hydrogen) atoms. The Hall–Kier alpha value is -2.13. The topological polar surface area (TPSA) is 41.1 Å². The molecule has 3 nitrogen and oxygen atoms in total. The van der Waals surface area contributed by atoms with E-state index in [9.17, 15) is 4.79 Å². The minimum atomic E-state index is -0.0186. The standard InChI is InChI=1S/C21H26N2O/c24-21(18-12-6-2-7-13-18)23-20(17-10-4-1-5-11-17)16-22-19-14-8-3-9-15-19/h1-2,4-7,10-13,19-20,22H,3,8-9,14-16H2,(H,23,24). The zero-order valence-electron chi connectivity index (χ0n) is 14.1. The first kappa shape index (κ1) is 16.7. The number of carbonyl (C=O) groups excluding carboxylic acids is 1. The lowest BCUT2D eigenvalue weighted by atomic mass is 9.95. The molecule has 1 amide bonds. The normalized spacial score (nSPS) is 16.5. The third kappa shape index (κ3) is 4.68. The Bertz CT molecular complexity index is 621. The molecule has 2 aromatic rings. The molecule has 0 radical (unpaired) electrons. The highest BCUT2D eigenvalue weighted by molar-refractivity contribution is 5.94. The Balaban J connectivity index is 1.66. The van der Waals surface area contributed by atoms with Crippen molar-refractivity contribution in [1.82, 2.24) is 10.6 Å². The fourth-order valence-corrected chi connectivity index (χ4v) is 3.36. The average molecular weight is 322 g/mol. The Labute approximate surface area is 144 Å². The van der Waals surface area contributed by atoms with E-state index >= 15 is 0 Å². The second kappa shape index (κ2) is 8.65. The molecular weight excluding hydrogens is 296 g/mol. The van der Waals surface area contributed by atoms with Crippen LogP contribution in [0.15, 0.2) is 60.7 Å². The summed E-state index contributed by atoms with van der Waals surface area (Å²) < 4.78 is 0. The first-order chi connectivity index (χ1) is 11.8. The maximum absolute atomic E-state index is 12.5. The van der Waals surface area contributed by atoms with Crippen LogP contribution in [0, 0.1) is 0 Å². The third-order valence-electron chi connectivity index (χ3n) is 4.76. The predicted molar refractivity (Wildman–Crippen MR) is 98.0 cm³/mol. The monoisotopic (exact) mass is 322 g/mol. The van der Waals surface area contributed by atoms with E-state index in [4.69, 9.17) is 0 Å². The molecule has 2 N–H and O–H groups in total. The zero-order chi connectivity index (χ0) is 16.6. The highest BCUT2D eigenvalue weighted by atomic mass is 16.1. The smallest absolute Gasteiger partial charge is 0.251 e. The SMILES string of the molecule is O=C(NC(CNC1CCCCC1)c1ccccc1)c1ccccc1. The Morgan fingerprint density at radius 1 is 0.917 bits per heavy atom. The summed E-state index contributed by atoms with van der Waals surface area (Å²) in [6.07, 6.45) is 6.46. The van der Waals surface area contributed by atoms with Gasteiger partial charge in [0.25, 0.3) is 5.91 Å². The van der Waals surface area contributed by atoms with Crippen molar-refractivity contribution < 1.29 is 4.79 Å². The number of amides is 1. The van der Waals surface area contributed by atoms with Gasteiger partial charge in [-0.05, 0) is 30.5 Å². The van der Waals surface area contributed by atoms with Gasteiger partial charge >= 0.3 is 0 Å². The van der Waals surface area contributed by atoms with Gasteiger partial charge in [-0.2, -0.15) is 0 Å². The summed E-state index contributed by atoms with van der Waals surface area (Å²) in [6.45, 7) is 0.771. The van der Waals surface area contributed by atoms with E-state index in [1.807, 2.05) is 48.5 Å². The summed E-state index contributed by atoms with van der Waals surface area (Å²) in [5.41, 5.74) is 1.85. The molecule has 1 aliphatic carbocycles. The molecule has 3 rings (SSSR count). The van der Waals surface area contributed by atoms with Crippen LogP contribution >= 0.6 is 0 Å². The number of hydrogen-bond donors (Lipinski definition) is 2. The number of rotatable bonds is 6. The molecule has 1 unspecified atom stereocenters. The molecule has 1 atom stereocenters. The van der Waals surface area contributed by atoms with E-state index < -0.39 is 0 Å². The summed E-state index contributed by atoms with van der Waals surface area (Å²) in [5.74, 6) is -0.0186. The van der Waals surface area contributed by atoms with Crippen molar-refractivity contribution in [2.24, 2.45) is 0 Å². The maximum atomic E-state index is 12.5. The Morgan fingerprint density at radius 2 is 1.54 bits per heavy atom. The fraction of sp³-hybridized carbons (Fsp3) is 0.381. The minimum Gasteiger partial charge on any atom is -0.344 e. The van der Waals surface area contributed by atoms with Crippen LogP contribution in [0.4, 0.5) is 0 Å². The fourth-order valence-electron chi connectivity index (χ4n) is 3.36. The summed E-state index contributed by atoms with van der Waals surface area (Å²) in [6, 6.07) is 20.2. The van der Waals surface area contributed by atoms with Gasteiger partial charge in [0.1, 0.15) is 0 Å². The van der Waals surface area contributed by atoms with Gasteiger partial charge in [0.2, 0.25) is 0 Å².